The third kappa shape index (κ3) is 7.30. The van der Waals surface area contributed by atoms with Crippen LogP contribution in [0, 0.1) is 23.7 Å². The highest BCUT2D eigenvalue weighted by atomic mass is 14.4. The molecule has 6 aliphatic carbocycles. The molecule has 0 heterocycles. The Morgan fingerprint density at radius 3 is 2.31 bits per heavy atom. The predicted octanol–water partition coefficient (Wildman–Crippen LogP) is 16.6. The summed E-state index contributed by atoms with van der Waals surface area (Å²) in [4.78, 5) is 0. The molecule has 62 heavy (non-hydrogen) atoms. The van der Waals surface area contributed by atoms with Gasteiger partial charge >= 0.3 is 0 Å². The zero-order valence-corrected chi connectivity index (χ0v) is 37.2. The Morgan fingerprint density at radius 1 is 0.677 bits per heavy atom. The summed E-state index contributed by atoms with van der Waals surface area (Å²) < 4.78 is 0. The van der Waals surface area contributed by atoms with Gasteiger partial charge in [0.25, 0.3) is 0 Å². The van der Waals surface area contributed by atoms with Crippen LogP contribution in [0.4, 0.5) is 0 Å². The fourth-order valence-corrected chi connectivity index (χ4v) is 12.1. The molecule has 0 bridgehead atoms. The van der Waals surface area contributed by atoms with Gasteiger partial charge in [0.2, 0.25) is 0 Å². The van der Waals surface area contributed by atoms with E-state index in [1.165, 1.54) is 85.2 Å². The normalized spacial score (nSPS) is 24.7. The van der Waals surface area contributed by atoms with Crippen molar-refractivity contribution in [1.82, 2.24) is 0 Å². The Balaban J connectivity index is 0.958. The van der Waals surface area contributed by atoms with E-state index >= 15 is 0 Å². The molecule has 310 valence electrons. The van der Waals surface area contributed by atoms with Crippen molar-refractivity contribution in [2.24, 2.45) is 23.7 Å². The molecule has 4 aromatic rings. The van der Waals surface area contributed by atoms with Gasteiger partial charge in [0, 0.05) is 23.7 Å². The van der Waals surface area contributed by atoms with Crippen molar-refractivity contribution in [2.75, 3.05) is 0 Å². The molecule has 10 rings (SSSR count). The molecule has 4 aromatic carbocycles. The maximum atomic E-state index is 2.59. The molecule has 0 radical (unpaired) electrons. The van der Waals surface area contributed by atoms with Gasteiger partial charge in [-0.2, -0.15) is 0 Å². The van der Waals surface area contributed by atoms with E-state index in [4.69, 9.17) is 0 Å². The summed E-state index contributed by atoms with van der Waals surface area (Å²) in [5, 5.41) is 0. The van der Waals surface area contributed by atoms with Crippen molar-refractivity contribution in [3.8, 4) is 11.1 Å². The topological polar surface area (TPSA) is 0 Å². The van der Waals surface area contributed by atoms with E-state index in [2.05, 4.69) is 210 Å². The second-order valence-electron chi connectivity index (χ2n) is 19.1. The molecule has 0 N–H and O–H groups in total. The molecular formula is C62H62. The van der Waals surface area contributed by atoms with Gasteiger partial charge in [-0.15, -0.1) is 0 Å². The lowest BCUT2D eigenvalue weighted by Gasteiger charge is -2.41. The first-order chi connectivity index (χ1) is 30.4. The van der Waals surface area contributed by atoms with Gasteiger partial charge in [-0.1, -0.05) is 228 Å². The SMILES string of the molecule is CCCC(C)c1cccc(-c2ccccc2C(C)(CCC)C2C=CC3=C(CCC(C4=C5C=CC=CC5C(c5ccc(C6=CC=CC7C=CC=CC67)cc5)c5ccccc54)=C3)C2)c1. The highest BCUT2D eigenvalue weighted by molar-refractivity contribution is 5.89. The number of allylic oxidation sites excluding steroid dienone is 20. The molecule has 0 saturated carbocycles. The van der Waals surface area contributed by atoms with Crippen LogP contribution in [0.25, 0.3) is 22.3 Å². The van der Waals surface area contributed by atoms with Crippen LogP contribution in [0.15, 0.2) is 204 Å². The smallest absolute Gasteiger partial charge is 0.0199 e. The number of fused-ring (bicyclic) bond motifs is 3. The summed E-state index contributed by atoms with van der Waals surface area (Å²) in [6, 6.07) is 37.7. The van der Waals surface area contributed by atoms with E-state index in [0.717, 1.165) is 32.1 Å². The highest BCUT2D eigenvalue weighted by Gasteiger charge is 2.40. The van der Waals surface area contributed by atoms with Gasteiger partial charge in [0.05, 0.1) is 0 Å². The second kappa shape index (κ2) is 17.2. The Bertz CT molecular complexity index is 2670. The molecule has 0 aromatic heterocycles. The molecule has 0 saturated heterocycles. The Hall–Kier alpha value is -5.72. The van der Waals surface area contributed by atoms with Crippen LogP contribution < -0.4 is 0 Å². The van der Waals surface area contributed by atoms with Gasteiger partial charge < -0.3 is 0 Å². The number of hydrogen-bond donors (Lipinski definition) is 0. The summed E-state index contributed by atoms with van der Waals surface area (Å²) >= 11 is 0. The molecule has 0 amide bonds. The second-order valence-corrected chi connectivity index (χ2v) is 19.1. The molecular weight excluding hydrogens is 745 g/mol. The van der Waals surface area contributed by atoms with Crippen molar-refractivity contribution in [3.05, 3.63) is 238 Å². The van der Waals surface area contributed by atoms with Crippen LogP contribution in [0.2, 0.25) is 0 Å². The minimum absolute atomic E-state index is 0.0268. The molecule has 0 fully saturated rings. The van der Waals surface area contributed by atoms with Crippen LogP contribution in [0.3, 0.4) is 0 Å². The fourth-order valence-electron chi connectivity index (χ4n) is 12.1. The lowest BCUT2D eigenvalue weighted by atomic mass is 9.62. The highest BCUT2D eigenvalue weighted by Crippen LogP contribution is 2.54. The van der Waals surface area contributed by atoms with Gasteiger partial charge in [0.15, 0.2) is 0 Å². The third-order valence-corrected chi connectivity index (χ3v) is 15.4. The summed E-state index contributed by atoms with van der Waals surface area (Å²) in [5.41, 5.74) is 20.2. The molecule has 0 spiro atoms. The van der Waals surface area contributed by atoms with E-state index in [0.29, 0.717) is 23.7 Å². The van der Waals surface area contributed by atoms with Crippen molar-refractivity contribution in [1.29, 1.82) is 0 Å². The van der Waals surface area contributed by atoms with Crippen molar-refractivity contribution >= 4 is 11.1 Å². The van der Waals surface area contributed by atoms with Crippen molar-refractivity contribution in [3.63, 3.8) is 0 Å². The van der Waals surface area contributed by atoms with Crippen LogP contribution >= 0.6 is 0 Å². The quantitative estimate of drug-likeness (QED) is 0.142. The van der Waals surface area contributed by atoms with Gasteiger partial charge in [-0.3, -0.25) is 0 Å². The first-order valence-electron chi connectivity index (χ1n) is 23.8. The van der Waals surface area contributed by atoms with Crippen molar-refractivity contribution in [2.45, 2.75) is 89.9 Å². The Kier molecular flexibility index (Phi) is 11.2. The van der Waals surface area contributed by atoms with Gasteiger partial charge in [-0.25, -0.2) is 0 Å². The minimum atomic E-state index is 0.0268. The average molecular weight is 807 g/mol. The number of benzene rings is 4. The number of hydrogen-bond acceptors (Lipinski definition) is 0. The standard InChI is InChI=1S/C62H62/c1-5-17-42(3)46-20-15-21-49(39-46)54-23-13-14-29-59(54)62(4,38-6-2)51-37-36-47-40-50(35-34-48(47)41-51)61-57-26-11-9-24-55(57)60(56-25-10-12-27-58(56)61)45-32-30-44(31-33-45)53-28-16-19-43-18-7-8-22-52(43)53/h7-16,18-33,36-37,39-40,42-43,51-52,55,60H,5-6,17,34-35,38,41H2,1-4H3. The van der Waals surface area contributed by atoms with E-state index in [9.17, 15) is 0 Å². The van der Waals surface area contributed by atoms with Crippen molar-refractivity contribution < 1.29 is 0 Å². The summed E-state index contributed by atoms with van der Waals surface area (Å²) in [7, 11) is 0. The monoisotopic (exact) mass is 806 g/mol. The van der Waals surface area contributed by atoms with Crippen LogP contribution in [0.5, 0.6) is 0 Å². The maximum Gasteiger partial charge on any atom is 0.0199 e. The molecule has 6 aliphatic rings. The number of rotatable bonds is 11. The molecule has 0 heteroatoms. The lowest BCUT2D eigenvalue weighted by Crippen LogP contribution is -2.33. The van der Waals surface area contributed by atoms with Crippen LogP contribution in [0.1, 0.15) is 118 Å². The van der Waals surface area contributed by atoms with Crippen LogP contribution in [-0.4, -0.2) is 0 Å². The van der Waals surface area contributed by atoms with E-state index < -0.39 is 0 Å². The Labute approximate surface area is 372 Å². The zero-order valence-electron chi connectivity index (χ0n) is 37.2. The summed E-state index contributed by atoms with van der Waals surface area (Å²) in [6.45, 7) is 9.61. The van der Waals surface area contributed by atoms with E-state index in [-0.39, 0.29) is 17.3 Å². The lowest BCUT2D eigenvalue weighted by molar-refractivity contribution is 0.313. The average Bonchev–Trinajstić information content (AvgIpc) is 3.33. The first-order valence-corrected chi connectivity index (χ1v) is 23.8. The third-order valence-electron chi connectivity index (χ3n) is 15.4. The van der Waals surface area contributed by atoms with Crippen LogP contribution in [-0.2, 0) is 5.41 Å². The maximum absolute atomic E-state index is 2.59. The molecule has 7 unspecified atom stereocenters. The predicted molar refractivity (Wildman–Crippen MR) is 265 cm³/mol. The van der Waals surface area contributed by atoms with E-state index in [1.54, 1.807) is 5.57 Å². The Morgan fingerprint density at radius 2 is 1.45 bits per heavy atom. The first kappa shape index (κ1) is 40.4. The van der Waals surface area contributed by atoms with Gasteiger partial charge in [-0.05, 0) is 122 Å². The molecule has 0 aliphatic heterocycles. The van der Waals surface area contributed by atoms with E-state index in [1.807, 2.05) is 0 Å². The van der Waals surface area contributed by atoms with Gasteiger partial charge in [0.1, 0.15) is 0 Å². The minimum Gasteiger partial charge on any atom is -0.0796 e. The molecule has 0 nitrogen and oxygen atoms in total. The fraction of sp³-hybridized carbons (Fsp3) is 0.290. The molecule has 7 atom stereocenters. The zero-order chi connectivity index (χ0) is 42.2. The largest absolute Gasteiger partial charge is 0.0796 e. The summed E-state index contributed by atoms with van der Waals surface area (Å²) in [6.07, 6.45) is 41.1. The summed E-state index contributed by atoms with van der Waals surface area (Å²) in [5.74, 6) is 2.42.